The topological polar surface area (TPSA) is 262 Å². The Hall–Kier alpha value is -2.33. The Morgan fingerprint density at radius 2 is 0.984 bits per heavy atom. The van der Waals surface area contributed by atoms with Crippen LogP contribution in [0.2, 0.25) is 0 Å². The Morgan fingerprint density at radius 1 is 0.641 bits per heavy atom. The molecular weight excluding hydrogens is 973 g/mol. The molecule has 0 aromatic carbocycles. The lowest BCUT2D eigenvalue weighted by Crippen LogP contribution is -2.60. The van der Waals surface area contributed by atoms with Gasteiger partial charge >= 0.3 is 24.0 Å². The number of alkyl carbamates (subject to hydrolysis) is 1. The molecule has 0 saturated carbocycles. The first kappa shape index (κ1) is 65.9. The molecule has 25 heteroatoms. The van der Waals surface area contributed by atoms with Gasteiger partial charge in [0.15, 0.2) is 6.10 Å². The van der Waals surface area contributed by atoms with E-state index in [1.54, 1.807) is 62.3 Å². The highest BCUT2D eigenvalue weighted by Gasteiger charge is 2.36. The van der Waals surface area contributed by atoms with E-state index in [1.165, 1.54) is 23.9 Å². The molecule has 0 spiro atoms. The van der Waals surface area contributed by atoms with Gasteiger partial charge in [-0.1, -0.05) is 126 Å². The van der Waals surface area contributed by atoms with Gasteiger partial charge in [-0.15, -0.1) is 0 Å². The van der Waals surface area contributed by atoms with Gasteiger partial charge in [-0.25, -0.2) is 20.4 Å². The summed E-state index contributed by atoms with van der Waals surface area (Å²) in [4.78, 5) is 83.0. The predicted molar refractivity (Wildman–Crippen MR) is 247 cm³/mol. The van der Waals surface area contributed by atoms with Crippen LogP contribution >= 0.6 is 69.6 Å². The number of carboxylic acids is 1. The maximum absolute atomic E-state index is 12.5. The summed E-state index contributed by atoms with van der Waals surface area (Å²) >= 11 is 33.3. The van der Waals surface area contributed by atoms with Gasteiger partial charge in [0.1, 0.15) is 49.1 Å². The highest BCUT2D eigenvalue weighted by Crippen LogP contribution is 2.27. The zero-order chi connectivity index (χ0) is 48.8. The number of halogens is 6. The largest absolute Gasteiger partial charge is 0.479 e. The molecule has 0 aliphatic carbocycles. The number of ether oxygens (including phenoxy) is 3. The summed E-state index contributed by atoms with van der Waals surface area (Å²) < 4.78 is 11.6. The SMILES string of the molecule is C.C.CC(C)(C)[C@H](O)C(=O)O.C[C@H](NC(=O)OC(C)(C)C)C(=O)N1CCC[C@@H](C(=O)OCC(Cl)(Cl)Cl)N1.C[C@H](NC(=O)[C@@H](O)C(C)(C)C)C(=O)N1CCC[C@@H](C(=O)OCC(Cl)(Cl)Cl)N1. The van der Waals surface area contributed by atoms with Gasteiger partial charge in [-0.3, -0.25) is 34.0 Å². The number of nitrogens with one attached hydrogen (secondary N) is 4. The van der Waals surface area contributed by atoms with Gasteiger partial charge in [0.2, 0.25) is 13.5 Å². The molecule has 2 aliphatic heterocycles. The zero-order valence-electron chi connectivity index (χ0n) is 36.7. The van der Waals surface area contributed by atoms with E-state index < -0.39 is 109 Å². The fourth-order valence-electron chi connectivity index (χ4n) is 4.87. The summed E-state index contributed by atoms with van der Waals surface area (Å²) in [5.74, 6) is -3.92. The van der Waals surface area contributed by atoms with Crippen molar-refractivity contribution in [2.45, 2.75) is 166 Å². The minimum atomic E-state index is -1.72. The molecule has 7 N–H and O–H groups in total. The molecule has 0 aromatic rings. The molecule has 0 bridgehead atoms. The summed E-state index contributed by atoms with van der Waals surface area (Å²) in [6, 6.07) is -3.24. The number of carbonyl (C=O) groups excluding carboxylic acids is 6. The Labute approximate surface area is 407 Å². The fourth-order valence-corrected chi connectivity index (χ4v) is 5.20. The molecule has 2 saturated heterocycles. The van der Waals surface area contributed by atoms with E-state index in [0.717, 1.165) is 0 Å². The molecule has 19 nitrogen and oxygen atoms in total. The van der Waals surface area contributed by atoms with Crippen LogP contribution in [0.1, 0.15) is 117 Å². The van der Waals surface area contributed by atoms with Gasteiger partial charge in [-0.05, 0) is 71.1 Å². The number of aliphatic carboxylic acids is 1. The van der Waals surface area contributed by atoms with Crippen LogP contribution in [0, 0.1) is 10.8 Å². The predicted octanol–water partition coefficient (Wildman–Crippen LogP) is 5.37. The molecule has 0 aromatic heterocycles. The van der Waals surface area contributed by atoms with Crippen molar-refractivity contribution in [2.75, 3.05) is 26.3 Å². The molecular formula is C39H70Cl6N6O13. The first-order valence-electron chi connectivity index (χ1n) is 19.4. The number of carboxylic acid groups (broad SMARTS) is 1. The Kier molecular flexibility index (Phi) is 29.0. The Bertz CT molecular complexity index is 1530. The number of hydrogen-bond donors (Lipinski definition) is 7. The van der Waals surface area contributed by atoms with E-state index in [-0.39, 0.29) is 21.5 Å². The number of hydrogen-bond acceptors (Lipinski definition) is 14. The Morgan fingerprint density at radius 3 is 1.27 bits per heavy atom. The normalized spacial score (nSPS) is 18.7. The Balaban J connectivity index is -0.000000951. The third kappa shape index (κ3) is 27.3. The van der Waals surface area contributed by atoms with Crippen molar-refractivity contribution in [3.8, 4) is 0 Å². The second-order valence-electron chi connectivity index (χ2n) is 17.5. The number of alkyl halides is 6. The average Bonchev–Trinajstić information content (AvgIpc) is 3.13. The van der Waals surface area contributed by atoms with Gasteiger partial charge in [0.25, 0.3) is 11.8 Å². The number of carbonyl (C=O) groups is 7. The highest BCUT2D eigenvalue weighted by molar-refractivity contribution is 6.68. The molecule has 2 fully saturated rings. The first-order valence-corrected chi connectivity index (χ1v) is 21.6. The lowest BCUT2D eigenvalue weighted by molar-refractivity contribution is -0.154. The van der Waals surface area contributed by atoms with E-state index in [0.29, 0.717) is 38.8 Å². The monoisotopic (exact) mass is 1040 g/mol. The quantitative estimate of drug-likeness (QED) is 0.0825. The third-order valence-corrected chi connectivity index (χ3v) is 8.84. The van der Waals surface area contributed by atoms with Crippen LogP contribution in [-0.4, -0.2) is 143 Å². The molecule has 64 heavy (non-hydrogen) atoms. The molecule has 0 radical (unpaired) electrons. The summed E-state index contributed by atoms with van der Waals surface area (Å²) in [5, 5.41) is 34.6. The molecule has 2 rings (SSSR count). The van der Waals surface area contributed by atoms with Crippen molar-refractivity contribution in [1.82, 2.24) is 31.5 Å². The van der Waals surface area contributed by atoms with Crippen LogP contribution in [0.5, 0.6) is 0 Å². The molecule has 376 valence electrons. The lowest BCUT2D eigenvalue weighted by Gasteiger charge is -2.35. The molecule has 0 unspecified atom stereocenters. The minimum absolute atomic E-state index is 0. The van der Waals surface area contributed by atoms with Crippen molar-refractivity contribution in [2.24, 2.45) is 10.8 Å². The lowest BCUT2D eigenvalue weighted by atomic mass is 9.88. The van der Waals surface area contributed by atoms with Crippen LogP contribution in [0.15, 0.2) is 0 Å². The van der Waals surface area contributed by atoms with E-state index in [2.05, 4.69) is 21.5 Å². The summed E-state index contributed by atoms with van der Waals surface area (Å²) in [6.45, 7) is 18.3. The fraction of sp³-hybridized carbons (Fsp3) is 0.821. The van der Waals surface area contributed by atoms with Gasteiger partial charge in [0.05, 0.1) is 0 Å². The number of aliphatic hydroxyl groups excluding tert-OH is 2. The zero-order valence-corrected chi connectivity index (χ0v) is 41.2. The highest BCUT2D eigenvalue weighted by atomic mass is 35.6. The van der Waals surface area contributed by atoms with Crippen LogP contribution in [-0.2, 0) is 43.0 Å². The summed E-state index contributed by atoms with van der Waals surface area (Å²) in [5.41, 5.74) is 3.65. The van der Waals surface area contributed by atoms with Crippen LogP contribution in [0.25, 0.3) is 0 Å². The summed E-state index contributed by atoms with van der Waals surface area (Å²) in [6.07, 6.45) is -1.18. The minimum Gasteiger partial charge on any atom is -0.479 e. The van der Waals surface area contributed by atoms with E-state index >= 15 is 0 Å². The number of esters is 2. The number of nitrogens with zero attached hydrogens (tertiary/aromatic N) is 2. The smallest absolute Gasteiger partial charge is 0.408 e. The molecule has 6 atom stereocenters. The van der Waals surface area contributed by atoms with E-state index in [9.17, 15) is 38.7 Å². The van der Waals surface area contributed by atoms with Crippen molar-refractivity contribution >= 4 is 111 Å². The summed E-state index contributed by atoms with van der Waals surface area (Å²) in [7, 11) is 0. The van der Waals surface area contributed by atoms with Crippen molar-refractivity contribution in [1.29, 1.82) is 0 Å². The van der Waals surface area contributed by atoms with E-state index in [1.807, 2.05) is 0 Å². The van der Waals surface area contributed by atoms with Gasteiger partial charge in [0, 0.05) is 13.1 Å². The van der Waals surface area contributed by atoms with Gasteiger partial charge in [-0.2, -0.15) is 0 Å². The maximum atomic E-state index is 12.5. The third-order valence-electron chi connectivity index (χ3n) is 8.19. The number of amides is 4. The second kappa shape index (κ2) is 28.1. The standard InChI is InChI=1S/C16H26Cl3N3O5.C15H24Cl3N3O5.C6H12O3.2CH4/c1-9(20-12(24)11(23)15(2,3)4)13(25)22-7-5-6-10(21-22)14(26)27-8-16(17,18)19;1-9(19-13(24)26-14(2,3)4)11(22)21-7-5-6-10(20-21)12(23)25-8-15(16,17)18;1-6(2,3)4(7)5(8)9;;/h9-11,21,23H,5-8H2,1-4H3,(H,20,24);9-10,20H,5-8H2,1-4H3,(H,19,24);4,7H,1-3H3,(H,8,9);2*1H4/t9-,10-,11+;9-,10-;4-;;/m001../s1. The van der Waals surface area contributed by atoms with Crippen molar-refractivity contribution < 1.29 is 63.1 Å². The van der Waals surface area contributed by atoms with Gasteiger partial charge < -0.3 is 40.2 Å². The number of rotatable bonds is 10. The average molecular weight is 1040 g/mol. The molecule has 4 amide bonds. The number of hydrazine groups is 2. The van der Waals surface area contributed by atoms with Crippen molar-refractivity contribution in [3.05, 3.63) is 0 Å². The first-order chi connectivity index (χ1) is 27.9. The second-order valence-corrected chi connectivity index (χ2v) is 22.6. The van der Waals surface area contributed by atoms with Crippen molar-refractivity contribution in [3.63, 3.8) is 0 Å². The van der Waals surface area contributed by atoms with Crippen LogP contribution in [0.3, 0.4) is 0 Å². The number of aliphatic hydroxyl groups is 2. The van der Waals surface area contributed by atoms with Crippen LogP contribution < -0.4 is 21.5 Å². The van der Waals surface area contributed by atoms with E-state index in [4.69, 9.17) is 94.0 Å². The molecule has 2 heterocycles. The molecule has 2 aliphatic rings. The maximum Gasteiger partial charge on any atom is 0.408 e. The van der Waals surface area contributed by atoms with Crippen LogP contribution in [0.4, 0.5) is 4.79 Å².